The van der Waals surface area contributed by atoms with Crippen molar-refractivity contribution in [1.82, 2.24) is 0 Å². The summed E-state index contributed by atoms with van der Waals surface area (Å²) >= 11 is 0. The van der Waals surface area contributed by atoms with Gasteiger partial charge in [0.25, 0.3) is 0 Å². The lowest BCUT2D eigenvalue weighted by atomic mass is 9.83. The van der Waals surface area contributed by atoms with Gasteiger partial charge in [0.2, 0.25) is 0 Å². The molecule has 6 nitrogen and oxygen atoms in total. The van der Waals surface area contributed by atoms with E-state index in [4.69, 9.17) is 10.5 Å². The average Bonchev–Trinajstić information content (AvgIpc) is 2.59. The molecule has 0 aliphatic heterocycles. The van der Waals surface area contributed by atoms with Crippen molar-refractivity contribution < 1.29 is 19.4 Å². The topological polar surface area (TPSA) is 102 Å². The van der Waals surface area contributed by atoms with E-state index in [1.165, 1.54) is 6.21 Å². The largest absolute Gasteiger partial charge is 0.511 e. The lowest BCUT2D eigenvalue weighted by molar-refractivity contribution is -0.144. The highest BCUT2D eigenvalue weighted by Gasteiger charge is 2.28. The van der Waals surface area contributed by atoms with Crippen molar-refractivity contribution in [2.75, 3.05) is 13.2 Å². The minimum Gasteiger partial charge on any atom is -0.511 e. The van der Waals surface area contributed by atoms with Crippen molar-refractivity contribution >= 4 is 30.4 Å². The molecule has 1 aliphatic carbocycles. The van der Waals surface area contributed by atoms with E-state index in [0.29, 0.717) is 12.8 Å². The Kier molecular flexibility index (Phi) is 8.31. The Morgan fingerprint density at radius 1 is 1.40 bits per heavy atom. The maximum absolute atomic E-state index is 12.3. The first-order valence-corrected chi connectivity index (χ1v) is 7.93. The maximum Gasteiger partial charge on any atom is 0.330 e. The van der Waals surface area contributed by atoms with Crippen LogP contribution < -0.4 is 5.73 Å². The molecular formula is C18H23ClN2O4. The number of hydrogen-bond acceptors (Lipinski definition) is 6. The fourth-order valence-corrected chi connectivity index (χ4v) is 2.54. The highest BCUT2D eigenvalue weighted by Crippen LogP contribution is 2.32. The van der Waals surface area contributed by atoms with Crippen LogP contribution in [0.15, 0.2) is 46.7 Å². The van der Waals surface area contributed by atoms with Crippen LogP contribution in [-0.4, -0.2) is 42.3 Å². The summed E-state index contributed by atoms with van der Waals surface area (Å²) in [6.45, 7) is 1.94. The first-order chi connectivity index (χ1) is 11.5. The van der Waals surface area contributed by atoms with E-state index in [0.717, 1.165) is 5.56 Å². The predicted molar refractivity (Wildman–Crippen MR) is 98.3 cm³/mol. The number of carbonyl (C=O) groups excluding carboxylic acids is 2. The highest BCUT2D eigenvalue weighted by molar-refractivity contribution is 6.14. The van der Waals surface area contributed by atoms with E-state index in [1.807, 2.05) is 30.3 Å². The molecule has 2 rings (SSSR count). The summed E-state index contributed by atoms with van der Waals surface area (Å²) in [7, 11) is 0. The van der Waals surface area contributed by atoms with E-state index >= 15 is 0 Å². The van der Waals surface area contributed by atoms with Gasteiger partial charge in [-0.05, 0) is 18.4 Å². The number of hydrogen-bond donors (Lipinski definition) is 2. The number of aliphatic hydroxyl groups is 1. The third kappa shape index (κ3) is 5.69. The van der Waals surface area contributed by atoms with Crippen LogP contribution in [0.3, 0.4) is 0 Å². The smallest absolute Gasteiger partial charge is 0.330 e. The number of ketones is 1. The van der Waals surface area contributed by atoms with Crippen molar-refractivity contribution in [2.24, 2.45) is 10.7 Å². The van der Waals surface area contributed by atoms with Gasteiger partial charge in [0.1, 0.15) is 18.4 Å². The van der Waals surface area contributed by atoms with Crippen LogP contribution in [0.1, 0.15) is 31.2 Å². The standard InChI is InChI=1S/C18H22N2O4.ClH/c1-12(18(23)24-8-7-19)20-11-15-16(21)9-14(10-17(15)22)13-5-3-2-4-6-13;/h2-6,11-12,14,21H,7-10,19H2,1H3;1H/t12-,14?;/m0./s1. The number of ether oxygens (including phenoxy) is 1. The number of Topliss-reactive ketones (excluding diaryl/α,β-unsaturated/α-hetero) is 1. The zero-order valence-electron chi connectivity index (χ0n) is 14.1. The lowest BCUT2D eigenvalue weighted by Crippen LogP contribution is -2.23. The molecule has 2 atom stereocenters. The summed E-state index contributed by atoms with van der Waals surface area (Å²) in [6, 6.07) is 8.86. The monoisotopic (exact) mass is 366 g/mol. The molecule has 3 N–H and O–H groups in total. The molecule has 0 saturated carbocycles. The quantitative estimate of drug-likeness (QED) is 0.594. The number of esters is 1. The molecule has 25 heavy (non-hydrogen) atoms. The molecule has 1 aromatic carbocycles. The fraction of sp³-hybridized carbons (Fsp3) is 0.389. The molecule has 0 heterocycles. The van der Waals surface area contributed by atoms with Gasteiger partial charge in [-0.1, -0.05) is 30.3 Å². The minimum atomic E-state index is -0.753. The summed E-state index contributed by atoms with van der Waals surface area (Å²) in [5.41, 5.74) is 6.45. The van der Waals surface area contributed by atoms with Gasteiger partial charge in [0, 0.05) is 25.6 Å². The molecule has 0 radical (unpaired) electrons. The third-order valence-electron chi connectivity index (χ3n) is 3.88. The lowest BCUT2D eigenvalue weighted by Gasteiger charge is -2.22. The van der Waals surface area contributed by atoms with Crippen LogP contribution in [0.5, 0.6) is 0 Å². The van der Waals surface area contributed by atoms with Crippen LogP contribution in [0.4, 0.5) is 0 Å². The number of nitrogens with zero attached hydrogens (tertiary/aromatic N) is 1. The molecule has 1 unspecified atom stereocenters. The van der Waals surface area contributed by atoms with Crippen molar-refractivity contribution in [2.45, 2.75) is 31.7 Å². The van der Waals surface area contributed by atoms with Gasteiger partial charge in [-0.25, -0.2) is 4.79 Å². The Bertz CT molecular complexity index is 658. The van der Waals surface area contributed by atoms with Crippen LogP contribution in [0.25, 0.3) is 0 Å². The summed E-state index contributed by atoms with van der Waals surface area (Å²) in [6.07, 6.45) is 1.96. The zero-order chi connectivity index (χ0) is 17.5. The number of benzene rings is 1. The summed E-state index contributed by atoms with van der Waals surface area (Å²) in [4.78, 5) is 27.9. The Morgan fingerprint density at radius 3 is 2.68 bits per heavy atom. The van der Waals surface area contributed by atoms with Gasteiger partial charge in [-0.2, -0.15) is 0 Å². The van der Waals surface area contributed by atoms with Crippen LogP contribution in [0.2, 0.25) is 0 Å². The number of aliphatic hydroxyl groups excluding tert-OH is 1. The van der Waals surface area contributed by atoms with Gasteiger partial charge in [-0.15, -0.1) is 12.4 Å². The van der Waals surface area contributed by atoms with Crippen molar-refractivity contribution in [3.05, 3.63) is 47.2 Å². The molecular weight excluding hydrogens is 344 g/mol. The van der Waals surface area contributed by atoms with Crippen LogP contribution >= 0.6 is 12.4 Å². The Hall–Kier alpha value is -2.18. The Balaban J connectivity index is 0.00000312. The molecule has 1 aromatic rings. The van der Waals surface area contributed by atoms with E-state index in [9.17, 15) is 14.7 Å². The molecule has 0 aromatic heterocycles. The van der Waals surface area contributed by atoms with E-state index in [1.54, 1.807) is 6.92 Å². The molecule has 0 spiro atoms. The average molecular weight is 367 g/mol. The molecule has 0 bridgehead atoms. The first-order valence-electron chi connectivity index (χ1n) is 7.93. The second kappa shape index (κ2) is 9.96. The number of rotatable bonds is 6. The minimum absolute atomic E-state index is 0. The van der Waals surface area contributed by atoms with Gasteiger partial charge in [0.05, 0.1) is 5.57 Å². The SMILES string of the molecule is C[C@H](N=CC1=C(O)CC(c2ccccc2)CC1=O)C(=O)OCCN.Cl. The first kappa shape index (κ1) is 20.9. The molecule has 1 aliphatic rings. The van der Waals surface area contributed by atoms with Gasteiger partial charge >= 0.3 is 5.97 Å². The van der Waals surface area contributed by atoms with E-state index in [2.05, 4.69) is 4.99 Å². The zero-order valence-corrected chi connectivity index (χ0v) is 14.9. The fourth-order valence-electron chi connectivity index (χ4n) is 2.54. The van der Waals surface area contributed by atoms with E-state index < -0.39 is 12.0 Å². The van der Waals surface area contributed by atoms with Crippen molar-refractivity contribution in [1.29, 1.82) is 0 Å². The molecule has 0 saturated heterocycles. The number of carbonyl (C=O) groups is 2. The second-order valence-electron chi connectivity index (χ2n) is 5.71. The Morgan fingerprint density at radius 2 is 2.08 bits per heavy atom. The predicted octanol–water partition coefficient (Wildman–Crippen LogP) is 2.33. The highest BCUT2D eigenvalue weighted by atomic mass is 35.5. The van der Waals surface area contributed by atoms with Crippen molar-refractivity contribution in [3.8, 4) is 0 Å². The van der Waals surface area contributed by atoms with Crippen LogP contribution in [0, 0.1) is 0 Å². The maximum atomic E-state index is 12.3. The number of halogens is 1. The van der Waals surface area contributed by atoms with Gasteiger partial charge in [-0.3, -0.25) is 9.79 Å². The summed E-state index contributed by atoms with van der Waals surface area (Å²) in [5, 5.41) is 10.2. The molecule has 7 heteroatoms. The van der Waals surface area contributed by atoms with Gasteiger partial charge in [0.15, 0.2) is 5.78 Å². The molecule has 0 amide bonds. The van der Waals surface area contributed by atoms with E-state index in [-0.39, 0.29) is 48.6 Å². The number of nitrogens with two attached hydrogens (primary N) is 1. The normalized spacial score (nSPS) is 18.8. The summed E-state index contributed by atoms with van der Waals surface area (Å²) in [5.74, 6) is -0.727. The molecule has 0 fully saturated rings. The van der Waals surface area contributed by atoms with Gasteiger partial charge < -0.3 is 15.6 Å². The number of allylic oxidation sites excluding steroid dienone is 2. The Labute approximate surface area is 153 Å². The van der Waals surface area contributed by atoms with Crippen molar-refractivity contribution in [3.63, 3.8) is 0 Å². The third-order valence-corrected chi connectivity index (χ3v) is 3.88. The van der Waals surface area contributed by atoms with Crippen LogP contribution in [-0.2, 0) is 14.3 Å². The summed E-state index contributed by atoms with van der Waals surface area (Å²) < 4.78 is 4.88. The number of aliphatic imine (C=N–C) groups is 1. The molecule has 136 valence electrons. The second-order valence-corrected chi connectivity index (χ2v) is 5.71.